The first-order valence-electron chi connectivity index (χ1n) is 8.04. The van der Waals surface area contributed by atoms with Crippen LogP contribution >= 0.6 is 0 Å². The molecule has 1 amide bonds. The Morgan fingerprint density at radius 2 is 1.64 bits per heavy atom. The Morgan fingerprint density at radius 3 is 2.24 bits per heavy atom. The molecular weight excluding hydrogens is 317 g/mol. The van der Waals surface area contributed by atoms with E-state index in [-0.39, 0.29) is 5.91 Å². The van der Waals surface area contributed by atoms with Gasteiger partial charge in [-0.05, 0) is 47.5 Å². The molecule has 0 spiro atoms. The lowest BCUT2D eigenvalue weighted by Gasteiger charge is -2.18. The molecule has 0 saturated carbocycles. The lowest BCUT2D eigenvalue weighted by Crippen LogP contribution is -2.16. The minimum atomic E-state index is -0.436. The number of carbonyl (C=O) groups excluding carboxylic acids is 1. The number of anilines is 2. The molecule has 0 atom stereocenters. The molecule has 1 aliphatic heterocycles. The van der Waals surface area contributed by atoms with Crippen molar-refractivity contribution in [3.05, 3.63) is 89.4 Å². The van der Waals surface area contributed by atoms with Gasteiger partial charge in [-0.3, -0.25) is 4.79 Å². The predicted octanol–water partition coefficient (Wildman–Crippen LogP) is 3.99. The van der Waals surface area contributed by atoms with Crippen molar-refractivity contribution in [2.45, 2.75) is 13.1 Å². The van der Waals surface area contributed by atoms with Crippen LogP contribution in [0, 0.1) is 5.82 Å². The van der Waals surface area contributed by atoms with Gasteiger partial charge in [0.25, 0.3) is 5.91 Å². The average molecular weight is 333 g/mol. The topological polar surface area (TPSA) is 45.2 Å². The Bertz CT molecular complexity index is 882. The molecule has 0 saturated heterocycles. The summed E-state index contributed by atoms with van der Waals surface area (Å²) in [7, 11) is 0. The standard InChI is InChI=1S/C20H16FN3O/c21-17-7-10-19(22-11-17)23-20(25)14-5-8-18(9-6-14)24-12-15-3-1-2-4-16(15)13-24/h1-11H,12-13H2,(H,22,23,25). The van der Waals surface area contributed by atoms with Crippen LogP contribution in [0.4, 0.5) is 15.9 Å². The van der Waals surface area contributed by atoms with E-state index in [1.165, 1.54) is 23.3 Å². The molecule has 5 heteroatoms. The first-order valence-corrected chi connectivity index (χ1v) is 8.04. The van der Waals surface area contributed by atoms with E-state index in [2.05, 4.69) is 39.5 Å². The number of nitrogens with zero attached hydrogens (tertiary/aromatic N) is 2. The summed E-state index contributed by atoms with van der Waals surface area (Å²) in [6, 6.07) is 18.6. The summed E-state index contributed by atoms with van der Waals surface area (Å²) in [4.78, 5) is 18.4. The van der Waals surface area contributed by atoms with Crippen molar-refractivity contribution in [3.8, 4) is 0 Å². The van der Waals surface area contributed by atoms with Crippen LogP contribution in [0.5, 0.6) is 0 Å². The zero-order valence-corrected chi connectivity index (χ0v) is 13.4. The fraction of sp³-hybridized carbons (Fsp3) is 0.100. The smallest absolute Gasteiger partial charge is 0.256 e. The summed E-state index contributed by atoms with van der Waals surface area (Å²) in [5.74, 6) is -0.380. The average Bonchev–Trinajstić information content (AvgIpc) is 3.08. The van der Waals surface area contributed by atoms with E-state index in [1.807, 2.05) is 12.1 Å². The number of nitrogens with one attached hydrogen (secondary N) is 1. The van der Waals surface area contributed by atoms with E-state index < -0.39 is 5.82 Å². The highest BCUT2D eigenvalue weighted by Crippen LogP contribution is 2.28. The van der Waals surface area contributed by atoms with Crippen LogP contribution in [-0.4, -0.2) is 10.9 Å². The fourth-order valence-corrected chi connectivity index (χ4v) is 2.98. The number of halogens is 1. The molecular formula is C20H16FN3O. The summed E-state index contributed by atoms with van der Waals surface area (Å²) in [5, 5.41) is 2.66. The van der Waals surface area contributed by atoms with Crippen LogP contribution in [0.1, 0.15) is 21.5 Å². The highest BCUT2D eigenvalue weighted by Gasteiger charge is 2.18. The molecule has 3 aromatic rings. The van der Waals surface area contributed by atoms with Crippen molar-refractivity contribution < 1.29 is 9.18 Å². The molecule has 1 aromatic heterocycles. The van der Waals surface area contributed by atoms with Crippen molar-refractivity contribution in [3.63, 3.8) is 0 Å². The van der Waals surface area contributed by atoms with Crippen molar-refractivity contribution in [1.82, 2.24) is 4.98 Å². The molecule has 25 heavy (non-hydrogen) atoms. The molecule has 1 N–H and O–H groups in total. The molecule has 2 heterocycles. The second-order valence-electron chi connectivity index (χ2n) is 5.99. The fourth-order valence-electron chi connectivity index (χ4n) is 2.98. The van der Waals surface area contributed by atoms with Crippen molar-refractivity contribution in [1.29, 1.82) is 0 Å². The Labute approximate surface area is 144 Å². The van der Waals surface area contributed by atoms with Gasteiger partial charge in [-0.25, -0.2) is 9.37 Å². The summed E-state index contributed by atoms with van der Waals surface area (Å²) in [5.41, 5.74) is 4.29. The zero-order valence-electron chi connectivity index (χ0n) is 13.4. The van der Waals surface area contributed by atoms with Gasteiger partial charge in [0.2, 0.25) is 0 Å². The first kappa shape index (κ1) is 15.3. The summed E-state index contributed by atoms with van der Waals surface area (Å²) < 4.78 is 12.9. The number of benzene rings is 2. The van der Waals surface area contributed by atoms with Crippen LogP contribution in [0.2, 0.25) is 0 Å². The number of fused-ring (bicyclic) bond motifs is 1. The maximum absolute atomic E-state index is 12.9. The maximum Gasteiger partial charge on any atom is 0.256 e. The Kier molecular flexibility index (Phi) is 3.90. The Hall–Kier alpha value is -3.21. The first-order chi connectivity index (χ1) is 12.2. The number of rotatable bonds is 3. The summed E-state index contributed by atoms with van der Waals surface area (Å²) >= 11 is 0. The maximum atomic E-state index is 12.9. The van der Waals surface area contributed by atoms with Crippen molar-refractivity contribution in [2.75, 3.05) is 10.2 Å². The highest BCUT2D eigenvalue weighted by molar-refractivity contribution is 6.03. The van der Waals surface area contributed by atoms with Gasteiger partial charge in [-0.1, -0.05) is 24.3 Å². The molecule has 0 aliphatic carbocycles. The molecule has 1 aliphatic rings. The molecule has 124 valence electrons. The number of pyridine rings is 1. The summed E-state index contributed by atoms with van der Waals surface area (Å²) in [6.07, 6.45) is 1.07. The Morgan fingerprint density at radius 1 is 0.960 bits per heavy atom. The third kappa shape index (κ3) is 3.21. The number of amides is 1. The lowest BCUT2D eigenvalue weighted by atomic mass is 10.1. The molecule has 0 radical (unpaired) electrons. The second-order valence-corrected chi connectivity index (χ2v) is 5.99. The molecule has 0 fully saturated rings. The van der Waals surface area contributed by atoms with E-state index in [1.54, 1.807) is 12.1 Å². The largest absolute Gasteiger partial charge is 0.363 e. The minimum Gasteiger partial charge on any atom is -0.363 e. The van der Waals surface area contributed by atoms with E-state index in [9.17, 15) is 9.18 Å². The van der Waals surface area contributed by atoms with Gasteiger partial charge < -0.3 is 10.2 Å². The third-order valence-corrected chi connectivity index (χ3v) is 4.30. The minimum absolute atomic E-state index is 0.268. The van der Waals surface area contributed by atoms with Gasteiger partial charge in [0.1, 0.15) is 11.6 Å². The third-order valence-electron chi connectivity index (χ3n) is 4.30. The zero-order chi connectivity index (χ0) is 17.2. The van der Waals surface area contributed by atoms with E-state index >= 15 is 0 Å². The number of hydrogen-bond donors (Lipinski definition) is 1. The lowest BCUT2D eigenvalue weighted by molar-refractivity contribution is 0.102. The van der Waals surface area contributed by atoms with Gasteiger partial charge in [-0.2, -0.15) is 0 Å². The quantitative estimate of drug-likeness (QED) is 0.788. The van der Waals surface area contributed by atoms with E-state index in [0.29, 0.717) is 11.4 Å². The van der Waals surface area contributed by atoms with Crippen molar-refractivity contribution in [2.24, 2.45) is 0 Å². The van der Waals surface area contributed by atoms with Gasteiger partial charge in [0, 0.05) is 24.3 Å². The Balaban J connectivity index is 1.45. The highest BCUT2D eigenvalue weighted by atomic mass is 19.1. The van der Waals surface area contributed by atoms with Crippen LogP contribution < -0.4 is 10.2 Å². The monoisotopic (exact) mass is 333 g/mol. The van der Waals surface area contributed by atoms with Crippen LogP contribution in [0.15, 0.2) is 66.9 Å². The molecule has 2 aromatic carbocycles. The summed E-state index contributed by atoms with van der Waals surface area (Å²) in [6.45, 7) is 1.75. The van der Waals surface area contributed by atoms with Crippen LogP contribution in [0.25, 0.3) is 0 Å². The predicted molar refractivity (Wildman–Crippen MR) is 94.9 cm³/mol. The SMILES string of the molecule is O=C(Nc1ccc(F)cn1)c1ccc(N2Cc3ccccc3C2)cc1. The van der Waals surface area contributed by atoms with Crippen molar-refractivity contribution >= 4 is 17.4 Å². The molecule has 4 rings (SSSR count). The molecule has 0 bridgehead atoms. The van der Waals surface area contributed by atoms with Crippen LogP contribution in [-0.2, 0) is 13.1 Å². The van der Waals surface area contributed by atoms with Gasteiger partial charge >= 0.3 is 0 Å². The van der Waals surface area contributed by atoms with E-state index in [0.717, 1.165) is 25.0 Å². The molecule has 0 unspecified atom stereocenters. The number of hydrogen-bond acceptors (Lipinski definition) is 3. The van der Waals surface area contributed by atoms with E-state index in [4.69, 9.17) is 0 Å². The van der Waals surface area contributed by atoms with Gasteiger partial charge in [-0.15, -0.1) is 0 Å². The molecule has 4 nitrogen and oxygen atoms in total. The number of carbonyl (C=O) groups is 1. The van der Waals surface area contributed by atoms with Gasteiger partial charge in [0.15, 0.2) is 0 Å². The van der Waals surface area contributed by atoms with Gasteiger partial charge in [0.05, 0.1) is 6.20 Å². The van der Waals surface area contributed by atoms with Crippen LogP contribution in [0.3, 0.4) is 0 Å². The number of aromatic nitrogens is 1. The second kappa shape index (κ2) is 6.36. The normalized spacial score (nSPS) is 12.8.